The van der Waals surface area contributed by atoms with Crippen molar-refractivity contribution < 1.29 is 9.53 Å². The van der Waals surface area contributed by atoms with Crippen molar-refractivity contribution in [3.8, 4) is 0 Å². The molecule has 104 valence electrons. The van der Waals surface area contributed by atoms with E-state index >= 15 is 0 Å². The van der Waals surface area contributed by atoms with Crippen LogP contribution in [0.3, 0.4) is 0 Å². The Balaban J connectivity index is 3.88. The van der Waals surface area contributed by atoms with Crippen LogP contribution in [0.5, 0.6) is 0 Å². The largest absolute Gasteiger partial charge is 0.460 e. The van der Waals surface area contributed by atoms with Crippen molar-refractivity contribution in [2.24, 2.45) is 11.8 Å². The Morgan fingerprint density at radius 3 is 2.39 bits per heavy atom. The lowest BCUT2D eigenvalue weighted by molar-refractivity contribution is -0.141. The summed E-state index contributed by atoms with van der Waals surface area (Å²) in [5.41, 5.74) is 0. The fraction of sp³-hybridized carbons (Fsp3) is 0.688. The van der Waals surface area contributed by atoms with Crippen LogP contribution in [0.1, 0.15) is 53.4 Å². The van der Waals surface area contributed by atoms with Gasteiger partial charge in [0, 0.05) is 6.08 Å². The minimum atomic E-state index is -0.255. The van der Waals surface area contributed by atoms with Crippen LogP contribution < -0.4 is 0 Å². The maximum Gasteiger partial charge on any atom is 0.330 e. The van der Waals surface area contributed by atoms with Gasteiger partial charge in [0.1, 0.15) is 0 Å². The van der Waals surface area contributed by atoms with Crippen molar-refractivity contribution in [2.45, 2.75) is 59.5 Å². The second-order valence-corrected chi connectivity index (χ2v) is 5.44. The molecule has 1 atom stereocenters. The van der Waals surface area contributed by atoms with Crippen molar-refractivity contribution >= 4 is 5.97 Å². The molecule has 0 fully saturated rings. The van der Waals surface area contributed by atoms with Gasteiger partial charge in [-0.3, -0.25) is 0 Å². The number of rotatable bonds is 9. The van der Waals surface area contributed by atoms with Gasteiger partial charge >= 0.3 is 5.97 Å². The molecule has 0 spiro atoms. The van der Waals surface area contributed by atoms with E-state index in [0.29, 0.717) is 5.92 Å². The number of esters is 1. The molecule has 0 aliphatic carbocycles. The molecule has 0 radical (unpaired) electrons. The molecule has 0 N–H and O–H groups in total. The zero-order valence-corrected chi connectivity index (χ0v) is 12.3. The lowest BCUT2D eigenvalue weighted by Crippen LogP contribution is -2.08. The zero-order valence-electron chi connectivity index (χ0n) is 12.3. The third kappa shape index (κ3) is 10.1. The minimum Gasteiger partial charge on any atom is -0.460 e. The predicted octanol–water partition coefficient (Wildman–Crippen LogP) is 4.51. The molecule has 0 saturated heterocycles. The fourth-order valence-electron chi connectivity index (χ4n) is 1.73. The van der Waals surface area contributed by atoms with E-state index in [0.717, 1.165) is 18.8 Å². The highest BCUT2D eigenvalue weighted by Gasteiger charge is 2.04. The maximum atomic E-state index is 11.3. The first-order valence-electron chi connectivity index (χ1n) is 6.95. The van der Waals surface area contributed by atoms with Crippen LogP contribution in [-0.4, -0.2) is 12.1 Å². The van der Waals surface area contributed by atoms with Gasteiger partial charge in [-0.2, -0.15) is 0 Å². The molecule has 0 aromatic heterocycles. The van der Waals surface area contributed by atoms with E-state index in [-0.39, 0.29) is 12.1 Å². The predicted molar refractivity (Wildman–Crippen MR) is 77.4 cm³/mol. The summed E-state index contributed by atoms with van der Waals surface area (Å²) in [6.07, 6.45) is 9.84. The molecule has 0 bridgehead atoms. The highest BCUT2D eigenvalue weighted by molar-refractivity contribution is 5.81. The van der Waals surface area contributed by atoms with Gasteiger partial charge < -0.3 is 4.74 Å². The zero-order chi connectivity index (χ0) is 14.0. The Morgan fingerprint density at radius 1 is 1.22 bits per heavy atom. The summed E-state index contributed by atoms with van der Waals surface area (Å²) in [6.45, 7) is 12.0. The number of ether oxygens (including phenoxy) is 1. The highest BCUT2D eigenvalue weighted by atomic mass is 16.5. The van der Waals surface area contributed by atoms with Crippen LogP contribution in [-0.2, 0) is 9.53 Å². The quantitative estimate of drug-likeness (QED) is 0.343. The van der Waals surface area contributed by atoms with Gasteiger partial charge in [-0.05, 0) is 38.5 Å². The van der Waals surface area contributed by atoms with E-state index in [1.807, 2.05) is 26.0 Å². The van der Waals surface area contributed by atoms with Crippen LogP contribution in [0, 0.1) is 11.8 Å². The second kappa shape index (κ2) is 9.93. The van der Waals surface area contributed by atoms with E-state index in [4.69, 9.17) is 4.74 Å². The minimum absolute atomic E-state index is 0.0524. The van der Waals surface area contributed by atoms with Crippen molar-refractivity contribution in [2.75, 3.05) is 0 Å². The van der Waals surface area contributed by atoms with Crippen molar-refractivity contribution in [1.82, 2.24) is 0 Å². The molecule has 0 aromatic rings. The molecule has 0 amide bonds. The number of carbonyl (C=O) groups is 1. The summed E-state index contributed by atoms with van der Waals surface area (Å²) >= 11 is 0. The number of carbonyl (C=O) groups excluding carboxylic acids is 1. The molecule has 1 unspecified atom stereocenters. The Morgan fingerprint density at radius 2 is 1.89 bits per heavy atom. The van der Waals surface area contributed by atoms with Crippen LogP contribution in [0.15, 0.2) is 24.8 Å². The molecule has 0 aliphatic rings. The van der Waals surface area contributed by atoms with Gasteiger partial charge in [0.15, 0.2) is 0 Å². The lowest BCUT2D eigenvalue weighted by Gasteiger charge is -2.11. The second-order valence-electron chi connectivity index (χ2n) is 5.44. The Kier molecular flexibility index (Phi) is 9.35. The summed E-state index contributed by atoms with van der Waals surface area (Å²) in [5.74, 6) is 0.967. The molecular formula is C16H28O2. The maximum absolute atomic E-state index is 11.3. The molecule has 0 aromatic carbocycles. The lowest BCUT2D eigenvalue weighted by atomic mass is 9.96. The first-order chi connectivity index (χ1) is 8.45. The average Bonchev–Trinajstić information content (AvgIpc) is 2.25. The Labute approximate surface area is 112 Å². The van der Waals surface area contributed by atoms with Gasteiger partial charge in [-0.15, -0.1) is 6.58 Å². The monoisotopic (exact) mass is 252 g/mol. The number of hydrogen-bond donors (Lipinski definition) is 0. The Bertz CT molecular complexity index is 264. The van der Waals surface area contributed by atoms with E-state index in [1.54, 1.807) is 0 Å². The highest BCUT2D eigenvalue weighted by Crippen LogP contribution is 2.17. The standard InChI is InChI=1S/C16H28O2/c1-6-15(10-7-9-13(2)3)11-8-12-16(17)18-14(4)5/h6,8,12-15H,1,7,9-11H2,2-5H3/b12-8+. The molecule has 18 heavy (non-hydrogen) atoms. The van der Waals surface area contributed by atoms with Crippen LogP contribution in [0.2, 0.25) is 0 Å². The summed E-state index contributed by atoms with van der Waals surface area (Å²) in [6, 6.07) is 0. The number of allylic oxidation sites excluding steroid dienone is 2. The molecule has 0 aliphatic heterocycles. The summed E-state index contributed by atoms with van der Waals surface area (Å²) in [7, 11) is 0. The average molecular weight is 252 g/mol. The van der Waals surface area contributed by atoms with Gasteiger partial charge in [0.2, 0.25) is 0 Å². The smallest absolute Gasteiger partial charge is 0.330 e. The first-order valence-corrected chi connectivity index (χ1v) is 6.95. The van der Waals surface area contributed by atoms with Gasteiger partial charge in [-0.1, -0.05) is 38.8 Å². The van der Waals surface area contributed by atoms with Crippen LogP contribution in [0.25, 0.3) is 0 Å². The normalized spacial score (nSPS) is 13.2. The summed E-state index contributed by atoms with van der Waals surface area (Å²) < 4.78 is 5.03. The van der Waals surface area contributed by atoms with Gasteiger partial charge in [0.25, 0.3) is 0 Å². The fourth-order valence-corrected chi connectivity index (χ4v) is 1.73. The third-order valence-electron chi connectivity index (χ3n) is 2.73. The van der Waals surface area contributed by atoms with Gasteiger partial charge in [0.05, 0.1) is 6.10 Å². The van der Waals surface area contributed by atoms with Crippen molar-refractivity contribution in [3.05, 3.63) is 24.8 Å². The molecule has 2 nitrogen and oxygen atoms in total. The van der Waals surface area contributed by atoms with E-state index in [9.17, 15) is 4.79 Å². The van der Waals surface area contributed by atoms with E-state index in [1.165, 1.54) is 18.9 Å². The van der Waals surface area contributed by atoms with Crippen LogP contribution in [0.4, 0.5) is 0 Å². The van der Waals surface area contributed by atoms with Crippen molar-refractivity contribution in [1.29, 1.82) is 0 Å². The molecule has 0 rings (SSSR count). The molecular weight excluding hydrogens is 224 g/mol. The Hall–Kier alpha value is -1.05. The summed E-state index contributed by atoms with van der Waals surface area (Å²) in [4.78, 5) is 11.3. The van der Waals surface area contributed by atoms with Crippen molar-refractivity contribution in [3.63, 3.8) is 0 Å². The summed E-state index contributed by atoms with van der Waals surface area (Å²) in [5, 5.41) is 0. The van der Waals surface area contributed by atoms with Crippen LogP contribution >= 0.6 is 0 Å². The topological polar surface area (TPSA) is 26.3 Å². The SMILES string of the molecule is C=CC(C/C=C/C(=O)OC(C)C)CCCC(C)C. The van der Waals surface area contributed by atoms with E-state index < -0.39 is 0 Å². The molecule has 0 heterocycles. The molecule has 0 saturated carbocycles. The van der Waals surface area contributed by atoms with E-state index in [2.05, 4.69) is 20.4 Å². The first kappa shape index (κ1) is 16.9. The third-order valence-corrected chi connectivity index (χ3v) is 2.73. The van der Waals surface area contributed by atoms with Gasteiger partial charge in [-0.25, -0.2) is 4.79 Å². The number of hydrogen-bond acceptors (Lipinski definition) is 2. The molecule has 2 heteroatoms.